The normalized spacial score (nSPS) is 14.4. The third kappa shape index (κ3) is 2.42. The molecule has 0 radical (unpaired) electrons. The summed E-state index contributed by atoms with van der Waals surface area (Å²) in [7, 11) is 0. The molecule has 1 saturated carbocycles. The maximum Gasteiger partial charge on any atom is 0.235 e. The number of nitrogens with zero attached hydrogens (tertiary/aromatic N) is 1. The molecule has 0 bridgehead atoms. The van der Waals surface area contributed by atoms with Crippen molar-refractivity contribution in [2.24, 2.45) is 0 Å². The molecule has 3 rings (SSSR count). The van der Waals surface area contributed by atoms with E-state index in [-0.39, 0.29) is 12.4 Å². The monoisotopic (exact) mass is 242 g/mol. The zero-order valence-electron chi connectivity index (χ0n) is 9.93. The van der Waals surface area contributed by atoms with Crippen LogP contribution in [0, 0.1) is 0 Å². The van der Waals surface area contributed by atoms with Crippen LogP contribution in [0.1, 0.15) is 34.9 Å². The lowest BCUT2D eigenvalue weighted by Gasteiger charge is -2.06. The van der Waals surface area contributed by atoms with Crippen molar-refractivity contribution in [3.63, 3.8) is 0 Å². The quantitative estimate of drug-likeness (QED) is 0.820. The van der Waals surface area contributed by atoms with Crippen molar-refractivity contribution in [1.29, 1.82) is 0 Å². The molecule has 1 fully saturated rings. The van der Waals surface area contributed by atoms with Crippen molar-refractivity contribution in [3.8, 4) is 5.75 Å². The Bertz CT molecular complexity index is 545. The summed E-state index contributed by atoms with van der Waals surface area (Å²) < 4.78 is 5.50. The van der Waals surface area contributed by atoms with Gasteiger partial charge in [0, 0.05) is 12.4 Å². The van der Waals surface area contributed by atoms with Crippen molar-refractivity contribution in [1.82, 2.24) is 9.97 Å². The molecule has 4 nitrogen and oxygen atoms in total. The van der Waals surface area contributed by atoms with E-state index in [0.29, 0.717) is 11.7 Å². The van der Waals surface area contributed by atoms with Gasteiger partial charge in [-0.2, -0.15) is 0 Å². The molecular formula is C14H14N2O2. The number of Topliss-reactive ketones (excluding diaryl/α,β-unsaturated/α-hetero) is 1. The molecule has 18 heavy (non-hydrogen) atoms. The number of hydrogen-bond acceptors (Lipinski definition) is 3. The van der Waals surface area contributed by atoms with Gasteiger partial charge in [0.2, 0.25) is 5.78 Å². The molecule has 2 aromatic rings. The minimum atomic E-state index is -0.142. The van der Waals surface area contributed by atoms with E-state index in [1.807, 2.05) is 18.2 Å². The lowest BCUT2D eigenvalue weighted by Crippen LogP contribution is -2.13. The Labute approximate surface area is 105 Å². The molecule has 0 atom stereocenters. The number of imidazole rings is 1. The average Bonchev–Trinajstić information content (AvgIpc) is 3.11. The summed E-state index contributed by atoms with van der Waals surface area (Å²) in [6, 6.07) is 7.98. The van der Waals surface area contributed by atoms with E-state index in [2.05, 4.69) is 16.0 Å². The third-order valence-corrected chi connectivity index (χ3v) is 3.04. The first-order valence-corrected chi connectivity index (χ1v) is 6.08. The lowest BCUT2D eigenvalue weighted by atomic mass is 10.1. The van der Waals surface area contributed by atoms with E-state index in [4.69, 9.17) is 4.74 Å². The highest BCUT2D eigenvalue weighted by molar-refractivity contribution is 5.93. The van der Waals surface area contributed by atoms with Gasteiger partial charge in [0.1, 0.15) is 5.75 Å². The molecule has 1 aromatic carbocycles. The van der Waals surface area contributed by atoms with Gasteiger partial charge in [-0.1, -0.05) is 12.1 Å². The Kier molecular flexibility index (Phi) is 2.84. The van der Waals surface area contributed by atoms with Crippen molar-refractivity contribution in [3.05, 3.63) is 48.0 Å². The molecule has 0 aliphatic heterocycles. The molecule has 4 heteroatoms. The first-order valence-electron chi connectivity index (χ1n) is 6.08. The molecule has 92 valence electrons. The van der Waals surface area contributed by atoms with Gasteiger partial charge in [-0.15, -0.1) is 0 Å². The van der Waals surface area contributed by atoms with E-state index in [0.717, 1.165) is 5.75 Å². The first-order chi connectivity index (χ1) is 8.83. The van der Waals surface area contributed by atoms with E-state index < -0.39 is 0 Å². The number of carbonyl (C=O) groups is 1. The van der Waals surface area contributed by atoms with Gasteiger partial charge in [-0.3, -0.25) is 4.79 Å². The second-order valence-corrected chi connectivity index (χ2v) is 4.50. The molecule has 0 spiro atoms. The van der Waals surface area contributed by atoms with Crippen LogP contribution in [0.25, 0.3) is 0 Å². The fourth-order valence-electron chi connectivity index (χ4n) is 1.91. The van der Waals surface area contributed by atoms with Crippen LogP contribution in [-0.4, -0.2) is 22.4 Å². The fraction of sp³-hybridized carbons (Fsp3) is 0.286. The minimum absolute atomic E-state index is 0.0155. The van der Waals surface area contributed by atoms with Gasteiger partial charge < -0.3 is 9.72 Å². The predicted molar refractivity (Wildman–Crippen MR) is 66.8 cm³/mol. The molecule has 1 N–H and O–H groups in total. The minimum Gasteiger partial charge on any atom is -0.485 e. The molecule has 1 aliphatic carbocycles. The van der Waals surface area contributed by atoms with Gasteiger partial charge in [-0.25, -0.2) is 4.98 Å². The van der Waals surface area contributed by atoms with Gasteiger partial charge in [-0.05, 0) is 36.5 Å². The van der Waals surface area contributed by atoms with E-state index in [9.17, 15) is 4.79 Å². The number of aromatic nitrogens is 2. The lowest BCUT2D eigenvalue weighted by molar-refractivity contribution is 0.0912. The Hall–Kier alpha value is -2.10. The van der Waals surface area contributed by atoms with Crippen LogP contribution in [0.15, 0.2) is 36.7 Å². The van der Waals surface area contributed by atoms with E-state index in [1.165, 1.54) is 18.4 Å². The molecule has 1 heterocycles. The van der Waals surface area contributed by atoms with Crippen molar-refractivity contribution in [2.75, 3.05) is 6.61 Å². The summed E-state index contributed by atoms with van der Waals surface area (Å²) in [5.74, 6) is 1.64. The van der Waals surface area contributed by atoms with Crippen LogP contribution in [-0.2, 0) is 0 Å². The molecule has 0 amide bonds. The Morgan fingerprint density at radius 1 is 1.44 bits per heavy atom. The Morgan fingerprint density at radius 2 is 2.33 bits per heavy atom. The topological polar surface area (TPSA) is 55.0 Å². The van der Waals surface area contributed by atoms with Crippen LogP contribution >= 0.6 is 0 Å². The molecule has 0 saturated heterocycles. The summed E-state index contributed by atoms with van der Waals surface area (Å²) >= 11 is 0. The maximum atomic E-state index is 11.7. The number of ether oxygens (including phenoxy) is 1. The number of carbonyl (C=O) groups excluding carboxylic acids is 1. The van der Waals surface area contributed by atoms with E-state index in [1.54, 1.807) is 12.4 Å². The van der Waals surface area contributed by atoms with Gasteiger partial charge in [0.25, 0.3) is 0 Å². The summed E-state index contributed by atoms with van der Waals surface area (Å²) in [4.78, 5) is 18.4. The highest BCUT2D eigenvalue weighted by Gasteiger charge is 2.23. The summed E-state index contributed by atoms with van der Waals surface area (Å²) in [5.41, 5.74) is 1.30. The Morgan fingerprint density at radius 3 is 3.06 bits per heavy atom. The standard InChI is InChI=1S/C14H14N2O2/c17-13(14-15-6-7-16-14)9-18-12-3-1-2-11(8-12)10-4-5-10/h1-3,6-8,10H,4-5,9H2,(H,15,16). The molecule has 0 unspecified atom stereocenters. The highest BCUT2D eigenvalue weighted by Crippen LogP contribution is 2.40. The fourth-order valence-corrected chi connectivity index (χ4v) is 1.91. The Balaban J connectivity index is 1.62. The SMILES string of the molecule is O=C(COc1cccc(C2CC2)c1)c1ncc[nH]1. The van der Waals surface area contributed by atoms with Crippen LogP contribution in [0.4, 0.5) is 0 Å². The van der Waals surface area contributed by atoms with Crippen molar-refractivity contribution >= 4 is 5.78 Å². The van der Waals surface area contributed by atoms with Gasteiger partial charge >= 0.3 is 0 Å². The van der Waals surface area contributed by atoms with Crippen LogP contribution in [0.2, 0.25) is 0 Å². The van der Waals surface area contributed by atoms with Crippen LogP contribution in [0.3, 0.4) is 0 Å². The zero-order valence-corrected chi connectivity index (χ0v) is 9.93. The average molecular weight is 242 g/mol. The number of hydrogen-bond donors (Lipinski definition) is 1. The number of aromatic amines is 1. The number of nitrogens with one attached hydrogen (secondary N) is 1. The van der Waals surface area contributed by atoms with Gasteiger partial charge in [0.15, 0.2) is 12.4 Å². The molecular weight excluding hydrogens is 228 g/mol. The summed E-state index contributed by atoms with van der Waals surface area (Å²) in [6.45, 7) is 0.0155. The molecule has 1 aromatic heterocycles. The number of rotatable bonds is 5. The smallest absolute Gasteiger partial charge is 0.235 e. The van der Waals surface area contributed by atoms with E-state index >= 15 is 0 Å². The van der Waals surface area contributed by atoms with Crippen LogP contribution < -0.4 is 4.74 Å². The number of ketones is 1. The van der Waals surface area contributed by atoms with Crippen LogP contribution in [0.5, 0.6) is 5.75 Å². The summed E-state index contributed by atoms with van der Waals surface area (Å²) in [6.07, 6.45) is 5.70. The second kappa shape index (κ2) is 4.64. The van der Waals surface area contributed by atoms with Crippen molar-refractivity contribution < 1.29 is 9.53 Å². The zero-order chi connectivity index (χ0) is 12.4. The second-order valence-electron chi connectivity index (χ2n) is 4.50. The number of H-pyrrole nitrogens is 1. The third-order valence-electron chi connectivity index (χ3n) is 3.04. The van der Waals surface area contributed by atoms with Gasteiger partial charge in [0.05, 0.1) is 0 Å². The predicted octanol–water partition coefficient (Wildman–Crippen LogP) is 2.55. The molecule has 1 aliphatic rings. The largest absolute Gasteiger partial charge is 0.485 e. The first kappa shape index (κ1) is 11.0. The summed E-state index contributed by atoms with van der Waals surface area (Å²) in [5, 5.41) is 0. The highest BCUT2D eigenvalue weighted by atomic mass is 16.5. The number of benzene rings is 1. The maximum absolute atomic E-state index is 11.7. The van der Waals surface area contributed by atoms with Crippen molar-refractivity contribution in [2.45, 2.75) is 18.8 Å².